The predicted octanol–water partition coefficient (Wildman–Crippen LogP) is 4.56. The predicted molar refractivity (Wildman–Crippen MR) is 106 cm³/mol. The number of nitrogens with zero attached hydrogens (tertiary/aromatic N) is 1. The number of rotatable bonds is 4. The molecule has 0 aliphatic rings. The number of fused-ring (bicyclic) bond motifs is 1. The van der Waals surface area contributed by atoms with Crippen LogP contribution in [0.2, 0.25) is 0 Å². The van der Waals surface area contributed by atoms with E-state index in [2.05, 4.69) is 17.1 Å². The molecule has 0 fully saturated rings. The molecular formula is C21H18N2O2S. The van der Waals surface area contributed by atoms with Crippen LogP contribution >= 0.6 is 11.3 Å². The van der Waals surface area contributed by atoms with Crippen LogP contribution in [0, 0.1) is 6.92 Å². The zero-order chi connectivity index (χ0) is 18.1. The molecule has 0 unspecified atom stereocenters. The van der Waals surface area contributed by atoms with Crippen LogP contribution < -0.4 is 10.3 Å². The van der Waals surface area contributed by atoms with Crippen LogP contribution in [0.5, 0.6) is 5.75 Å². The Balaban J connectivity index is 1.81. The van der Waals surface area contributed by atoms with Crippen molar-refractivity contribution in [2.75, 3.05) is 7.11 Å². The van der Waals surface area contributed by atoms with Gasteiger partial charge in [0.2, 0.25) is 0 Å². The number of ether oxygens (including phenoxy) is 1. The van der Waals surface area contributed by atoms with Crippen molar-refractivity contribution >= 4 is 21.6 Å². The number of aromatic amines is 1. The molecule has 0 saturated carbocycles. The summed E-state index contributed by atoms with van der Waals surface area (Å²) in [4.78, 5) is 22.2. The van der Waals surface area contributed by atoms with E-state index >= 15 is 0 Å². The fourth-order valence-corrected chi connectivity index (χ4v) is 4.37. The number of hydrogen-bond acceptors (Lipinski definition) is 4. The Hall–Kier alpha value is -2.92. The molecule has 1 N–H and O–H groups in total. The smallest absolute Gasteiger partial charge is 0.259 e. The van der Waals surface area contributed by atoms with E-state index < -0.39 is 0 Å². The monoisotopic (exact) mass is 362 g/mol. The van der Waals surface area contributed by atoms with Gasteiger partial charge >= 0.3 is 0 Å². The van der Waals surface area contributed by atoms with Gasteiger partial charge in [-0.15, -0.1) is 11.3 Å². The third-order valence-electron chi connectivity index (χ3n) is 4.44. The first-order valence-electron chi connectivity index (χ1n) is 8.37. The van der Waals surface area contributed by atoms with Gasteiger partial charge in [0.1, 0.15) is 16.4 Å². The second-order valence-corrected chi connectivity index (χ2v) is 7.10. The number of methoxy groups -OCH3 is 1. The van der Waals surface area contributed by atoms with Crippen molar-refractivity contribution < 1.29 is 4.74 Å². The molecule has 0 saturated heterocycles. The molecule has 0 radical (unpaired) electrons. The lowest BCUT2D eigenvalue weighted by Gasteiger charge is -2.07. The zero-order valence-electron chi connectivity index (χ0n) is 14.6. The highest BCUT2D eigenvalue weighted by atomic mass is 32.1. The summed E-state index contributed by atoms with van der Waals surface area (Å²) < 4.78 is 5.40. The highest BCUT2D eigenvalue weighted by molar-refractivity contribution is 7.22. The van der Waals surface area contributed by atoms with E-state index in [1.807, 2.05) is 49.4 Å². The van der Waals surface area contributed by atoms with Gasteiger partial charge in [0.05, 0.1) is 12.5 Å². The Morgan fingerprint density at radius 2 is 1.81 bits per heavy atom. The van der Waals surface area contributed by atoms with E-state index in [-0.39, 0.29) is 5.56 Å². The fraction of sp³-hybridized carbons (Fsp3) is 0.143. The van der Waals surface area contributed by atoms with Crippen LogP contribution in [0.15, 0.2) is 59.4 Å². The van der Waals surface area contributed by atoms with Crippen molar-refractivity contribution in [1.82, 2.24) is 9.97 Å². The van der Waals surface area contributed by atoms with Crippen LogP contribution in [0.4, 0.5) is 0 Å². The molecule has 0 aliphatic heterocycles. The number of benzene rings is 2. The highest BCUT2D eigenvalue weighted by Gasteiger charge is 2.16. The Morgan fingerprint density at radius 3 is 2.58 bits per heavy atom. The molecule has 0 atom stereocenters. The molecule has 5 heteroatoms. The number of nitrogens with one attached hydrogen (secondary N) is 1. The summed E-state index contributed by atoms with van der Waals surface area (Å²) >= 11 is 1.56. The van der Waals surface area contributed by atoms with Crippen LogP contribution in [0.25, 0.3) is 20.7 Å². The zero-order valence-corrected chi connectivity index (χ0v) is 15.4. The molecule has 2 heterocycles. The van der Waals surface area contributed by atoms with E-state index in [1.165, 1.54) is 0 Å². The Labute approximate surface area is 155 Å². The summed E-state index contributed by atoms with van der Waals surface area (Å²) in [7, 11) is 1.65. The number of aromatic nitrogens is 2. The summed E-state index contributed by atoms with van der Waals surface area (Å²) in [5.74, 6) is 1.44. The summed E-state index contributed by atoms with van der Waals surface area (Å²) in [6.45, 7) is 1.98. The number of hydrogen-bond donors (Lipinski definition) is 1. The second kappa shape index (κ2) is 6.77. The van der Waals surface area contributed by atoms with Gasteiger partial charge in [-0.05, 0) is 24.1 Å². The van der Waals surface area contributed by atoms with Gasteiger partial charge < -0.3 is 9.72 Å². The van der Waals surface area contributed by atoms with E-state index in [0.29, 0.717) is 17.6 Å². The third-order valence-corrected chi connectivity index (χ3v) is 5.67. The lowest BCUT2D eigenvalue weighted by molar-refractivity contribution is 0.410. The van der Waals surface area contributed by atoms with Crippen molar-refractivity contribution in [2.24, 2.45) is 0 Å². The van der Waals surface area contributed by atoms with E-state index in [4.69, 9.17) is 9.72 Å². The molecule has 2 aromatic heterocycles. The van der Waals surface area contributed by atoms with Gasteiger partial charge in [0.15, 0.2) is 0 Å². The van der Waals surface area contributed by atoms with E-state index in [1.54, 1.807) is 18.4 Å². The lowest BCUT2D eigenvalue weighted by atomic mass is 10.1. The molecule has 0 aliphatic carbocycles. The van der Waals surface area contributed by atoms with Gasteiger partial charge in [0.25, 0.3) is 5.56 Å². The first-order chi connectivity index (χ1) is 12.7. The van der Waals surface area contributed by atoms with Crippen molar-refractivity contribution in [1.29, 1.82) is 0 Å². The maximum atomic E-state index is 12.7. The summed E-state index contributed by atoms with van der Waals surface area (Å²) in [5, 5.41) is 0.678. The normalized spacial score (nSPS) is 11.0. The molecule has 4 aromatic rings. The molecule has 2 aromatic carbocycles. The van der Waals surface area contributed by atoms with Gasteiger partial charge in [-0.2, -0.15) is 0 Å². The second-order valence-electron chi connectivity index (χ2n) is 6.10. The number of H-pyrrole nitrogens is 1. The first-order valence-corrected chi connectivity index (χ1v) is 9.18. The van der Waals surface area contributed by atoms with Crippen LogP contribution in [-0.2, 0) is 6.42 Å². The first kappa shape index (κ1) is 16.5. The quantitative estimate of drug-likeness (QED) is 0.579. The summed E-state index contributed by atoms with van der Waals surface area (Å²) in [6, 6.07) is 17.9. The maximum Gasteiger partial charge on any atom is 0.259 e. The maximum absolute atomic E-state index is 12.7. The molecule has 4 rings (SSSR count). The van der Waals surface area contributed by atoms with Crippen LogP contribution in [-0.4, -0.2) is 17.1 Å². The van der Waals surface area contributed by atoms with Gasteiger partial charge in [-0.3, -0.25) is 4.79 Å². The largest absolute Gasteiger partial charge is 0.496 e. The van der Waals surface area contributed by atoms with Crippen molar-refractivity contribution in [2.45, 2.75) is 13.3 Å². The molecule has 130 valence electrons. The topological polar surface area (TPSA) is 55.0 Å². The fourth-order valence-electron chi connectivity index (χ4n) is 3.17. The van der Waals surface area contributed by atoms with Crippen LogP contribution in [0.3, 0.4) is 0 Å². The van der Waals surface area contributed by atoms with Crippen LogP contribution in [0.1, 0.15) is 17.0 Å². The average molecular weight is 362 g/mol. The highest BCUT2D eigenvalue weighted by Crippen LogP contribution is 2.35. The standard InChI is InChI=1S/C21H18N2O2S/c1-13-18-20(24)22-17(12-15-10-6-7-11-16(15)25-2)23-21(18)26-19(13)14-8-4-3-5-9-14/h3-11H,12H2,1-2H3,(H,22,23,24). The minimum absolute atomic E-state index is 0.0872. The summed E-state index contributed by atoms with van der Waals surface area (Å²) in [6.07, 6.45) is 0.521. The van der Waals surface area contributed by atoms with Crippen molar-refractivity contribution in [3.05, 3.63) is 81.9 Å². The van der Waals surface area contributed by atoms with Crippen molar-refractivity contribution in [3.63, 3.8) is 0 Å². The third kappa shape index (κ3) is 2.91. The molecule has 0 spiro atoms. The molecular weight excluding hydrogens is 344 g/mol. The Morgan fingerprint density at radius 1 is 1.08 bits per heavy atom. The molecule has 0 bridgehead atoms. The Kier molecular flexibility index (Phi) is 4.31. The van der Waals surface area contributed by atoms with Gasteiger partial charge in [-0.1, -0.05) is 48.5 Å². The van der Waals surface area contributed by atoms with Gasteiger partial charge in [-0.25, -0.2) is 4.98 Å². The minimum atomic E-state index is -0.0872. The molecule has 4 nitrogen and oxygen atoms in total. The number of para-hydroxylation sites is 1. The minimum Gasteiger partial charge on any atom is -0.496 e. The summed E-state index contributed by atoms with van der Waals surface area (Å²) in [5.41, 5.74) is 3.00. The number of thiophene rings is 1. The Bertz CT molecular complexity index is 1130. The van der Waals surface area contributed by atoms with Crippen molar-refractivity contribution in [3.8, 4) is 16.2 Å². The number of aryl methyl sites for hydroxylation is 1. The van der Waals surface area contributed by atoms with E-state index in [0.717, 1.165) is 32.1 Å². The SMILES string of the molecule is COc1ccccc1Cc1nc2sc(-c3ccccc3)c(C)c2c(=O)[nH]1. The average Bonchev–Trinajstić information content (AvgIpc) is 3.00. The molecule has 0 amide bonds. The van der Waals surface area contributed by atoms with Gasteiger partial charge in [0, 0.05) is 16.9 Å². The lowest BCUT2D eigenvalue weighted by Crippen LogP contribution is -2.12. The molecule has 26 heavy (non-hydrogen) atoms. The van der Waals surface area contributed by atoms with E-state index in [9.17, 15) is 4.79 Å².